The van der Waals surface area contributed by atoms with E-state index >= 15 is 0 Å². The van der Waals surface area contributed by atoms with Crippen molar-refractivity contribution in [1.29, 1.82) is 0 Å². The van der Waals surface area contributed by atoms with Crippen LogP contribution in [0.15, 0.2) is 18.2 Å². The molecular formula is C16H29N3O. The van der Waals surface area contributed by atoms with Gasteiger partial charge in [0.15, 0.2) is 0 Å². The summed E-state index contributed by atoms with van der Waals surface area (Å²) in [6.45, 7) is 9.29. The van der Waals surface area contributed by atoms with Gasteiger partial charge in [0.2, 0.25) is 0 Å². The lowest BCUT2D eigenvalue weighted by atomic mass is 10.2. The lowest BCUT2D eigenvalue weighted by Gasteiger charge is -2.27. The van der Waals surface area contributed by atoms with Crippen molar-refractivity contribution in [3.05, 3.63) is 18.2 Å². The van der Waals surface area contributed by atoms with Crippen LogP contribution >= 0.6 is 0 Å². The zero-order valence-electron chi connectivity index (χ0n) is 13.5. The van der Waals surface area contributed by atoms with Crippen LogP contribution in [-0.2, 0) is 0 Å². The first-order valence-electron chi connectivity index (χ1n) is 7.39. The van der Waals surface area contributed by atoms with E-state index in [4.69, 9.17) is 10.5 Å². The van der Waals surface area contributed by atoms with Crippen molar-refractivity contribution < 1.29 is 4.74 Å². The Hall–Kier alpha value is -1.42. The van der Waals surface area contributed by atoms with Gasteiger partial charge in [-0.05, 0) is 40.4 Å². The largest absolute Gasteiger partial charge is 0.491 e. The average molecular weight is 279 g/mol. The summed E-state index contributed by atoms with van der Waals surface area (Å²) < 4.78 is 5.77. The van der Waals surface area contributed by atoms with E-state index in [9.17, 15) is 0 Å². The number of likely N-dealkylation sites (N-methyl/N-ethyl adjacent to an activating group) is 1. The van der Waals surface area contributed by atoms with Crippen molar-refractivity contribution in [1.82, 2.24) is 4.90 Å². The number of hydrogen-bond donors (Lipinski definition) is 1. The molecule has 0 radical (unpaired) electrons. The van der Waals surface area contributed by atoms with E-state index in [0.29, 0.717) is 0 Å². The van der Waals surface area contributed by atoms with Gasteiger partial charge in [-0.2, -0.15) is 0 Å². The third-order valence-corrected chi connectivity index (χ3v) is 2.96. The van der Waals surface area contributed by atoms with Crippen LogP contribution in [-0.4, -0.2) is 44.7 Å². The maximum atomic E-state index is 6.01. The fourth-order valence-corrected chi connectivity index (χ4v) is 2.09. The Bertz CT molecular complexity index is 405. The van der Waals surface area contributed by atoms with Gasteiger partial charge in [-0.1, -0.05) is 6.92 Å². The molecule has 0 fully saturated rings. The van der Waals surface area contributed by atoms with Gasteiger partial charge in [0.1, 0.15) is 5.75 Å². The molecule has 1 aromatic carbocycles. The number of benzene rings is 1. The monoisotopic (exact) mass is 279 g/mol. The van der Waals surface area contributed by atoms with E-state index in [2.05, 4.69) is 36.9 Å². The molecule has 114 valence electrons. The molecule has 0 aromatic heterocycles. The molecule has 2 N–H and O–H groups in total. The smallest absolute Gasteiger partial charge is 0.123 e. The molecule has 0 aliphatic carbocycles. The number of hydrogen-bond acceptors (Lipinski definition) is 4. The van der Waals surface area contributed by atoms with E-state index in [0.717, 1.165) is 43.2 Å². The van der Waals surface area contributed by atoms with Crippen molar-refractivity contribution in [2.45, 2.75) is 33.3 Å². The summed E-state index contributed by atoms with van der Waals surface area (Å²) in [6.07, 6.45) is 1.27. The van der Waals surface area contributed by atoms with Crippen LogP contribution in [0.1, 0.15) is 27.2 Å². The molecule has 0 amide bonds. The molecule has 0 aliphatic heterocycles. The molecule has 1 rings (SSSR count). The summed E-state index contributed by atoms with van der Waals surface area (Å²) in [4.78, 5) is 4.56. The van der Waals surface area contributed by atoms with Crippen LogP contribution < -0.4 is 15.4 Å². The number of nitrogens with zero attached hydrogens (tertiary/aromatic N) is 2. The first-order valence-corrected chi connectivity index (χ1v) is 7.39. The molecular weight excluding hydrogens is 250 g/mol. The number of nitrogens with two attached hydrogens (primary N) is 1. The maximum absolute atomic E-state index is 6.01. The Balaban J connectivity index is 2.90. The third kappa shape index (κ3) is 5.70. The van der Waals surface area contributed by atoms with Crippen LogP contribution in [0.5, 0.6) is 5.75 Å². The predicted octanol–water partition coefficient (Wildman–Crippen LogP) is 2.83. The zero-order valence-corrected chi connectivity index (χ0v) is 13.5. The summed E-state index contributed by atoms with van der Waals surface area (Å²) in [7, 11) is 4.19. The van der Waals surface area contributed by atoms with Crippen LogP contribution in [0.3, 0.4) is 0 Å². The van der Waals surface area contributed by atoms with Gasteiger partial charge in [-0.15, -0.1) is 0 Å². The van der Waals surface area contributed by atoms with Gasteiger partial charge in [-0.25, -0.2) is 0 Å². The molecule has 0 aliphatic rings. The predicted molar refractivity (Wildman–Crippen MR) is 87.7 cm³/mol. The highest BCUT2D eigenvalue weighted by molar-refractivity contribution is 5.60. The molecule has 4 nitrogen and oxygen atoms in total. The molecule has 0 saturated heterocycles. The van der Waals surface area contributed by atoms with Gasteiger partial charge in [0.05, 0.1) is 6.10 Å². The highest BCUT2D eigenvalue weighted by Gasteiger charge is 2.09. The van der Waals surface area contributed by atoms with E-state index in [1.807, 2.05) is 26.0 Å². The Morgan fingerprint density at radius 1 is 1.10 bits per heavy atom. The number of anilines is 2. The first-order chi connectivity index (χ1) is 9.42. The van der Waals surface area contributed by atoms with Crippen LogP contribution in [0.4, 0.5) is 11.4 Å². The lowest BCUT2D eigenvalue weighted by Crippen LogP contribution is -2.32. The highest BCUT2D eigenvalue weighted by Crippen LogP contribution is 2.26. The number of rotatable bonds is 8. The Morgan fingerprint density at radius 2 is 1.80 bits per heavy atom. The summed E-state index contributed by atoms with van der Waals surface area (Å²) in [5.74, 6) is 0.848. The van der Waals surface area contributed by atoms with E-state index in [1.54, 1.807) is 0 Å². The maximum Gasteiger partial charge on any atom is 0.123 e. The lowest BCUT2D eigenvalue weighted by molar-refractivity contribution is 0.242. The van der Waals surface area contributed by atoms with Gasteiger partial charge < -0.3 is 20.3 Å². The minimum absolute atomic E-state index is 0.158. The summed E-state index contributed by atoms with van der Waals surface area (Å²) in [5.41, 5.74) is 7.90. The van der Waals surface area contributed by atoms with Crippen LogP contribution in [0.25, 0.3) is 0 Å². The molecule has 0 atom stereocenters. The number of ether oxygens (including phenoxy) is 1. The Kier molecular flexibility index (Phi) is 6.65. The van der Waals surface area contributed by atoms with Crippen molar-refractivity contribution >= 4 is 11.4 Å². The first kappa shape index (κ1) is 16.6. The second kappa shape index (κ2) is 8.00. The summed E-state index contributed by atoms with van der Waals surface area (Å²) in [6, 6.07) is 6.00. The fourth-order valence-electron chi connectivity index (χ4n) is 2.09. The van der Waals surface area contributed by atoms with Crippen LogP contribution in [0, 0.1) is 0 Å². The van der Waals surface area contributed by atoms with Gasteiger partial charge in [0, 0.05) is 43.1 Å². The van der Waals surface area contributed by atoms with Gasteiger partial charge >= 0.3 is 0 Å². The molecule has 4 heteroatoms. The molecule has 0 saturated carbocycles. The summed E-state index contributed by atoms with van der Waals surface area (Å²) in [5, 5.41) is 0. The van der Waals surface area contributed by atoms with Crippen molar-refractivity contribution in [3.8, 4) is 5.75 Å². The Labute approximate surface area is 123 Å². The summed E-state index contributed by atoms with van der Waals surface area (Å²) >= 11 is 0. The Morgan fingerprint density at radius 3 is 2.35 bits per heavy atom. The van der Waals surface area contributed by atoms with Gasteiger partial charge in [-0.3, -0.25) is 0 Å². The third-order valence-electron chi connectivity index (χ3n) is 2.96. The molecule has 0 bridgehead atoms. The molecule has 0 spiro atoms. The van der Waals surface area contributed by atoms with E-state index in [1.165, 1.54) is 0 Å². The minimum atomic E-state index is 0.158. The standard InChI is InChI=1S/C16H29N3O/c1-6-7-19(9-8-18(4)5)15-10-14(17)11-16(12-15)20-13(2)3/h10-13H,6-9,17H2,1-5H3. The normalized spacial score (nSPS) is 11.2. The van der Waals surface area contributed by atoms with E-state index < -0.39 is 0 Å². The van der Waals surface area contributed by atoms with E-state index in [-0.39, 0.29) is 6.10 Å². The highest BCUT2D eigenvalue weighted by atomic mass is 16.5. The molecule has 20 heavy (non-hydrogen) atoms. The quantitative estimate of drug-likeness (QED) is 0.743. The van der Waals surface area contributed by atoms with Crippen molar-refractivity contribution in [3.63, 3.8) is 0 Å². The molecule has 0 unspecified atom stereocenters. The zero-order chi connectivity index (χ0) is 15.1. The van der Waals surface area contributed by atoms with Gasteiger partial charge in [0.25, 0.3) is 0 Å². The molecule has 0 heterocycles. The minimum Gasteiger partial charge on any atom is -0.491 e. The van der Waals surface area contributed by atoms with Crippen LogP contribution in [0.2, 0.25) is 0 Å². The molecule has 1 aromatic rings. The second-order valence-corrected chi connectivity index (χ2v) is 5.72. The average Bonchev–Trinajstić information content (AvgIpc) is 2.32. The second-order valence-electron chi connectivity index (χ2n) is 5.72. The topological polar surface area (TPSA) is 41.7 Å². The number of nitrogen functional groups attached to an aromatic ring is 1. The van der Waals surface area contributed by atoms with Crippen molar-refractivity contribution in [2.75, 3.05) is 44.4 Å². The SMILES string of the molecule is CCCN(CCN(C)C)c1cc(N)cc(OC(C)C)c1. The fraction of sp³-hybridized carbons (Fsp3) is 0.625. The van der Waals surface area contributed by atoms with Crippen molar-refractivity contribution in [2.24, 2.45) is 0 Å².